The van der Waals surface area contributed by atoms with Gasteiger partial charge in [0.2, 0.25) is 11.9 Å². The number of nitrogens with zero attached hydrogens (tertiary/aromatic N) is 8. The van der Waals surface area contributed by atoms with Crippen LogP contribution in [0.3, 0.4) is 0 Å². The van der Waals surface area contributed by atoms with E-state index >= 15 is 0 Å². The van der Waals surface area contributed by atoms with E-state index in [1.54, 1.807) is 25.5 Å². The zero-order valence-electron chi connectivity index (χ0n) is 39.1. The van der Waals surface area contributed by atoms with Gasteiger partial charge in [-0.05, 0) is 119 Å². The van der Waals surface area contributed by atoms with Gasteiger partial charge in [-0.2, -0.15) is 5.10 Å². The summed E-state index contributed by atoms with van der Waals surface area (Å²) in [5.41, 5.74) is 3.28. The number of amides is 2. The Morgan fingerprint density at radius 3 is 2.61 bits per heavy atom. The van der Waals surface area contributed by atoms with Gasteiger partial charge in [0.05, 0.1) is 37.2 Å². The number of pyridine rings is 2. The summed E-state index contributed by atoms with van der Waals surface area (Å²) in [5.74, 6) is -0.0397. The Balaban J connectivity index is 0.709. The third-order valence-electron chi connectivity index (χ3n) is 13.4. The van der Waals surface area contributed by atoms with E-state index in [1.807, 2.05) is 36.5 Å². The molecule has 4 aliphatic rings. The minimum absolute atomic E-state index is 0.0436. The van der Waals surface area contributed by atoms with Crippen LogP contribution in [0.1, 0.15) is 91.0 Å². The van der Waals surface area contributed by atoms with Crippen molar-refractivity contribution in [2.24, 2.45) is 16.9 Å². The predicted octanol–water partition coefficient (Wildman–Crippen LogP) is 6.23. The highest BCUT2D eigenvalue weighted by atomic mass is 19.3. The van der Waals surface area contributed by atoms with Crippen LogP contribution in [0, 0.1) is 11.8 Å². The molecule has 4 aromatic heterocycles. The summed E-state index contributed by atoms with van der Waals surface area (Å²) in [6.07, 6.45) is 18.4. The number of halogens is 2. The number of ether oxygens (including phenoxy) is 2. The zero-order chi connectivity index (χ0) is 48.6. The minimum Gasteiger partial charge on any atom is -0.465 e. The van der Waals surface area contributed by atoms with Gasteiger partial charge in [-0.15, -0.1) is 0 Å². The van der Waals surface area contributed by atoms with E-state index in [-0.39, 0.29) is 53.9 Å². The highest BCUT2D eigenvalue weighted by Crippen LogP contribution is 2.32. The molecule has 1 aliphatic carbocycles. The SMILES string of the molecule is CCOC(=O)Cn1cc(NC(=O)c2cc(CCCCCCNCC3CCC(/C=[N+]4/C=C(NC(=O)c5cnn6ccc(N7C[C@H]8C[C@@H]7CO8)nc56)C(C(F)F)=N4)CC3)cc(-c3cccnc3)c2)ccc1=O. The second-order valence-corrected chi connectivity index (χ2v) is 18.4. The van der Waals surface area contributed by atoms with Crippen LogP contribution in [-0.2, 0) is 27.2 Å². The summed E-state index contributed by atoms with van der Waals surface area (Å²) in [7, 11) is 0. The number of hydrogen-bond acceptors (Lipinski definition) is 12. The molecule has 1 saturated carbocycles. The van der Waals surface area contributed by atoms with E-state index in [4.69, 9.17) is 14.5 Å². The predicted molar refractivity (Wildman–Crippen MR) is 259 cm³/mol. The number of unbranched alkanes of at least 4 members (excludes halogenated alkanes) is 3. The molecule has 3 aliphatic heterocycles. The fraction of sp³-hybridized carbons (Fsp3) is 0.431. The molecule has 2 amide bonds. The van der Waals surface area contributed by atoms with Crippen molar-refractivity contribution in [1.29, 1.82) is 0 Å². The van der Waals surface area contributed by atoms with Gasteiger partial charge in [-0.1, -0.05) is 29.7 Å². The molecular weight excluding hydrogens is 901 g/mol. The molecule has 2 atom stereocenters. The number of aryl methyl sites for hydroxylation is 1. The molecule has 366 valence electrons. The molecule has 9 rings (SSSR count). The van der Waals surface area contributed by atoms with Crippen LogP contribution in [0.4, 0.5) is 20.3 Å². The van der Waals surface area contributed by atoms with Crippen molar-refractivity contribution in [3.63, 3.8) is 0 Å². The fourth-order valence-electron chi connectivity index (χ4n) is 9.73. The number of alkyl halides is 2. The summed E-state index contributed by atoms with van der Waals surface area (Å²) in [6, 6.07) is 14.6. The second-order valence-electron chi connectivity index (χ2n) is 18.4. The Hall–Kier alpha value is -6.99. The van der Waals surface area contributed by atoms with Crippen molar-refractivity contribution in [3.05, 3.63) is 118 Å². The average Bonchev–Trinajstić information content (AvgIpc) is 4.19. The lowest BCUT2D eigenvalue weighted by Crippen LogP contribution is -2.37. The number of carbonyl (C=O) groups excluding carboxylic acids is 3. The van der Waals surface area contributed by atoms with Crippen molar-refractivity contribution in [3.8, 4) is 11.1 Å². The summed E-state index contributed by atoms with van der Waals surface area (Å²) < 4.78 is 43.3. The number of carbonyl (C=O) groups is 3. The zero-order valence-corrected chi connectivity index (χ0v) is 39.1. The van der Waals surface area contributed by atoms with Crippen molar-refractivity contribution in [1.82, 2.24) is 34.8 Å². The lowest BCUT2D eigenvalue weighted by Gasteiger charge is -2.27. The molecule has 7 heterocycles. The number of hydrogen-bond donors (Lipinski definition) is 3. The Kier molecular flexibility index (Phi) is 15.2. The van der Waals surface area contributed by atoms with Gasteiger partial charge in [0.15, 0.2) is 11.9 Å². The van der Waals surface area contributed by atoms with E-state index < -0.39 is 24.0 Å². The molecule has 0 radical (unpaired) electrons. The maximum Gasteiger partial charge on any atom is 0.326 e. The molecule has 19 heteroatoms. The number of benzene rings is 1. The number of rotatable bonds is 20. The van der Waals surface area contributed by atoms with Crippen molar-refractivity contribution < 1.29 is 37.3 Å². The highest BCUT2D eigenvalue weighted by Gasteiger charge is 2.40. The van der Waals surface area contributed by atoms with Crippen LogP contribution >= 0.6 is 0 Å². The molecule has 3 fully saturated rings. The summed E-state index contributed by atoms with van der Waals surface area (Å²) in [4.78, 5) is 62.6. The molecule has 0 spiro atoms. The van der Waals surface area contributed by atoms with E-state index in [0.717, 1.165) is 106 Å². The largest absolute Gasteiger partial charge is 0.465 e. The van der Waals surface area contributed by atoms with E-state index in [9.17, 15) is 28.0 Å². The number of nitrogens with one attached hydrogen (secondary N) is 3. The van der Waals surface area contributed by atoms with Gasteiger partial charge in [0.1, 0.15) is 23.6 Å². The first kappa shape index (κ1) is 48.1. The molecule has 2 saturated heterocycles. The van der Waals surface area contributed by atoms with Gasteiger partial charge in [0, 0.05) is 59.5 Å². The van der Waals surface area contributed by atoms with E-state index in [2.05, 4.69) is 42.1 Å². The third kappa shape index (κ3) is 11.7. The van der Waals surface area contributed by atoms with E-state index in [0.29, 0.717) is 29.4 Å². The molecular formula is C51H58F2N11O6+. The Bertz CT molecular complexity index is 2860. The number of esters is 1. The topological polar surface area (TPSA) is 189 Å². The first-order valence-electron chi connectivity index (χ1n) is 24.3. The third-order valence-corrected chi connectivity index (χ3v) is 13.4. The Morgan fingerprint density at radius 1 is 0.986 bits per heavy atom. The number of anilines is 2. The number of morpholine rings is 1. The molecule has 3 N–H and O–H groups in total. The molecule has 1 aromatic carbocycles. The van der Waals surface area contributed by atoms with Gasteiger partial charge < -0.3 is 34.9 Å². The molecule has 0 unspecified atom stereocenters. The fourth-order valence-corrected chi connectivity index (χ4v) is 9.73. The van der Waals surface area contributed by atoms with Crippen molar-refractivity contribution >= 4 is 46.9 Å². The lowest BCUT2D eigenvalue weighted by molar-refractivity contribution is -0.456. The molecule has 70 heavy (non-hydrogen) atoms. The van der Waals surface area contributed by atoms with Gasteiger partial charge in [-0.25, -0.2) is 18.3 Å². The first-order chi connectivity index (χ1) is 34.1. The maximum absolute atomic E-state index is 14.2. The van der Waals surface area contributed by atoms with Crippen molar-refractivity contribution in [2.45, 2.75) is 96.2 Å². The van der Waals surface area contributed by atoms with Crippen LogP contribution in [0.2, 0.25) is 0 Å². The summed E-state index contributed by atoms with van der Waals surface area (Å²) >= 11 is 0. The molecule has 5 aromatic rings. The number of fused-ring (bicyclic) bond motifs is 3. The molecule has 17 nitrogen and oxygen atoms in total. The lowest BCUT2D eigenvalue weighted by atomic mass is 9.82. The van der Waals surface area contributed by atoms with Gasteiger partial charge in [0.25, 0.3) is 23.8 Å². The second kappa shape index (κ2) is 22.2. The normalized spacial score (nSPS) is 20.3. The van der Waals surface area contributed by atoms with Crippen LogP contribution in [0.15, 0.2) is 101 Å². The van der Waals surface area contributed by atoms with Crippen LogP contribution < -0.4 is 26.4 Å². The maximum atomic E-state index is 14.2. The number of aromatic nitrogens is 5. The van der Waals surface area contributed by atoms with Crippen LogP contribution in [0.5, 0.6) is 0 Å². The number of hydrazone groups is 1. The Labute approximate surface area is 403 Å². The van der Waals surface area contributed by atoms with E-state index in [1.165, 1.54) is 44.5 Å². The van der Waals surface area contributed by atoms with Crippen LogP contribution in [-0.4, -0.2) is 110 Å². The van der Waals surface area contributed by atoms with Gasteiger partial charge in [-0.3, -0.25) is 24.2 Å². The number of allylic oxidation sites excluding steroid dienone is 1. The van der Waals surface area contributed by atoms with Gasteiger partial charge >= 0.3 is 5.97 Å². The average molecular weight is 959 g/mol. The quantitative estimate of drug-likeness (QED) is 0.0456. The Morgan fingerprint density at radius 2 is 1.84 bits per heavy atom. The monoisotopic (exact) mass is 958 g/mol. The van der Waals surface area contributed by atoms with Crippen molar-refractivity contribution in [2.75, 3.05) is 43.1 Å². The first-order valence-corrected chi connectivity index (χ1v) is 24.3. The summed E-state index contributed by atoms with van der Waals surface area (Å²) in [5, 5.41) is 17.6. The molecule has 2 bridgehead atoms. The smallest absolute Gasteiger partial charge is 0.326 e. The highest BCUT2D eigenvalue weighted by molar-refractivity contribution is 6.09. The minimum atomic E-state index is -2.88. The van der Waals surface area contributed by atoms with Crippen LogP contribution in [0.25, 0.3) is 16.8 Å². The summed E-state index contributed by atoms with van der Waals surface area (Å²) in [6.45, 7) is 4.85. The standard InChI is InChI=1S/C51H57F2N11O6/c1-2-69-46(66)31-61-28-39(14-15-45(61)65)57-50(67)38-21-35(20-37(22-38)36-9-7-18-55-25-36)8-5-3-4-6-17-54-24-33-10-12-34(13-11-33)27-62-30-43(47(60-62)48(52)53)58-51(68)42-26-56-64-19-16-44(59-49(42)64)63-29-41-23-40(63)32-70-41/h7,9,14-16,18-22,25-28,30,33-34,40-41,48,54H,2-6,8,10-13,17,23-24,29,31-32H2,1H3,(H-,57,58,67,68)/p+1/b62-27-/t33?,34?,40-,41-/m1/s1.